The SMILES string of the molecule is O=C(Nc1ccc(N2CCCC2=O)cc1)c1ccc(-n2ccc(C(F)(F)F)n2)cc1. The molecule has 2 amide bonds. The number of hydrogen-bond donors (Lipinski definition) is 1. The van der Waals surface area contributed by atoms with Crippen molar-refractivity contribution in [1.29, 1.82) is 0 Å². The lowest BCUT2D eigenvalue weighted by molar-refractivity contribution is -0.141. The molecule has 0 aliphatic carbocycles. The van der Waals surface area contributed by atoms with Crippen LogP contribution < -0.4 is 10.2 Å². The van der Waals surface area contributed by atoms with Crippen LogP contribution in [0.3, 0.4) is 0 Å². The summed E-state index contributed by atoms with van der Waals surface area (Å²) in [5, 5.41) is 6.26. The molecule has 0 saturated carbocycles. The number of carbonyl (C=O) groups is 2. The average molecular weight is 414 g/mol. The smallest absolute Gasteiger partial charge is 0.322 e. The van der Waals surface area contributed by atoms with Crippen molar-refractivity contribution < 1.29 is 22.8 Å². The highest BCUT2D eigenvalue weighted by Gasteiger charge is 2.33. The molecule has 3 aromatic rings. The third kappa shape index (κ3) is 4.05. The van der Waals surface area contributed by atoms with Gasteiger partial charge in [0.15, 0.2) is 5.69 Å². The molecule has 1 saturated heterocycles. The first kappa shape index (κ1) is 19.7. The van der Waals surface area contributed by atoms with Crippen LogP contribution in [-0.2, 0) is 11.0 Å². The minimum Gasteiger partial charge on any atom is -0.322 e. The summed E-state index contributed by atoms with van der Waals surface area (Å²) in [6.07, 6.45) is -1.92. The Hall–Kier alpha value is -3.62. The molecule has 30 heavy (non-hydrogen) atoms. The van der Waals surface area contributed by atoms with Gasteiger partial charge in [0, 0.05) is 36.1 Å². The molecule has 1 N–H and O–H groups in total. The number of alkyl halides is 3. The molecule has 4 rings (SSSR count). The van der Waals surface area contributed by atoms with Crippen molar-refractivity contribution >= 4 is 23.2 Å². The standard InChI is InChI=1S/C21H17F3N4O2/c22-21(23,24)18-11-13-28(26-18)17-7-3-14(4-8-17)20(30)25-15-5-9-16(10-6-15)27-12-1-2-19(27)29/h3-11,13H,1-2,12H2,(H,25,30). The maximum atomic E-state index is 12.7. The molecule has 2 heterocycles. The fraction of sp³-hybridized carbons (Fsp3) is 0.190. The Morgan fingerprint density at radius 2 is 1.63 bits per heavy atom. The van der Waals surface area contributed by atoms with Crippen LogP contribution in [0.15, 0.2) is 60.8 Å². The van der Waals surface area contributed by atoms with Crippen LogP contribution >= 0.6 is 0 Å². The largest absolute Gasteiger partial charge is 0.435 e. The molecule has 0 spiro atoms. The van der Waals surface area contributed by atoms with Crippen LogP contribution in [-0.4, -0.2) is 28.1 Å². The van der Waals surface area contributed by atoms with Gasteiger partial charge in [-0.3, -0.25) is 9.59 Å². The molecule has 0 unspecified atom stereocenters. The van der Waals surface area contributed by atoms with Gasteiger partial charge in [-0.2, -0.15) is 18.3 Å². The van der Waals surface area contributed by atoms with Crippen LogP contribution in [0, 0.1) is 0 Å². The number of halogens is 3. The number of hydrogen-bond acceptors (Lipinski definition) is 3. The Morgan fingerprint density at radius 3 is 2.20 bits per heavy atom. The van der Waals surface area contributed by atoms with E-state index in [0.29, 0.717) is 29.9 Å². The first-order valence-corrected chi connectivity index (χ1v) is 9.26. The second-order valence-corrected chi connectivity index (χ2v) is 6.84. The predicted octanol–water partition coefficient (Wildman–Crippen LogP) is 4.27. The molecule has 1 aliphatic heterocycles. The molecule has 9 heteroatoms. The summed E-state index contributed by atoms with van der Waals surface area (Å²) in [5.41, 5.74) is 1.13. The molecular weight excluding hydrogens is 397 g/mol. The summed E-state index contributed by atoms with van der Waals surface area (Å²) in [6, 6.07) is 13.9. The van der Waals surface area contributed by atoms with E-state index >= 15 is 0 Å². The molecule has 6 nitrogen and oxygen atoms in total. The van der Waals surface area contributed by atoms with Gasteiger partial charge in [-0.1, -0.05) is 0 Å². The molecule has 154 valence electrons. The van der Waals surface area contributed by atoms with E-state index in [9.17, 15) is 22.8 Å². The van der Waals surface area contributed by atoms with Gasteiger partial charge in [0.25, 0.3) is 5.91 Å². The first-order chi connectivity index (χ1) is 14.3. The van der Waals surface area contributed by atoms with Gasteiger partial charge < -0.3 is 10.2 Å². The highest BCUT2D eigenvalue weighted by Crippen LogP contribution is 2.28. The number of rotatable bonds is 4. The summed E-state index contributed by atoms with van der Waals surface area (Å²) >= 11 is 0. The van der Waals surface area contributed by atoms with Crippen molar-refractivity contribution in [2.24, 2.45) is 0 Å². The van der Waals surface area contributed by atoms with E-state index in [1.54, 1.807) is 29.2 Å². The second-order valence-electron chi connectivity index (χ2n) is 6.84. The zero-order chi connectivity index (χ0) is 21.3. The number of nitrogens with one attached hydrogen (secondary N) is 1. The van der Waals surface area contributed by atoms with Crippen LogP contribution in [0.5, 0.6) is 0 Å². The van der Waals surface area contributed by atoms with Crippen molar-refractivity contribution in [3.05, 3.63) is 72.1 Å². The van der Waals surface area contributed by atoms with Gasteiger partial charge in [0.05, 0.1) is 5.69 Å². The maximum absolute atomic E-state index is 12.7. The molecule has 0 radical (unpaired) electrons. The van der Waals surface area contributed by atoms with E-state index in [4.69, 9.17) is 0 Å². The molecule has 1 aliphatic rings. The van der Waals surface area contributed by atoms with Gasteiger partial charge in [0.2, 0.25) is 5.91 Å². The molecule has 0 bridgehead atoms. The topological polar surface area (TPSA) is 67.2 Å². The molecule has 1 aromatic heterocycles. The Labute approximate surface area is 169 Å². The summed E-state index contributed by atoms with van der Waals surface area (Å²) in [4.78, 5) is 26.0. The summed E-state index contributed by atoms with van der Waals surface area (Å²) in [6.45, 7) is 0.692. The van der Waals surface area contributed by atoms with Crippen LogP contribution in [0.4, 0.5) is 24.5 Å². The molecule has 2 aromatic carbocycles. The Balaban J connectivity index is 1.42. The van der Waals surface area contributed by atoms with Gasteiger partial charge in [-0.05, 0) is 61.0 Å². The number of aromatic nitrogens is 2. The summed E-state index contributed by atoms with van der Waals surface area (Å²) in [7, 11) is 0. The third-order valence-corrected chi connectivity index (χ3v) is 4.78. The normalized spacial score (nSPS) is 14.2. The van der Waals surface area contributed by atoms with Crippen molar-refractivity contribution in [2.45, 2.75) is 19.0 Å². The lowest BCUT2D eigenvalue weighted by Crippen LogP contribution is -2.23. The van der Waals surface area contributed by atoms with Crippen molar-refractivity contribution in [3.63, 3.8) is 0 Å². The van der Waals surface area contributed by atoms with Crippen molar-refractivity contribution in [2.75, 3.05) is 16.8 Å². The third-order valence-electron chi connectivity index (χ3n) is 4.78. The lowest BCUT2D eigenvalue weighted by Gasteiger charge is -2.16. The number of nitrogens with zero attached hydrogens (tertiary/aromatic N) is 3. The van der Waals surface area contributed by atoms with E-state index in [1.165, 1.54) is 30.5 Å². The predicted molar refractivity (Wildman–Crippen MR) is 105 cm³/mol. The van der Waals surface area contributed by atoms with E-state index in [0.717, 1.165) is 22.9 Å². The van der Waals surface area contributed by atoms with Gasteiger partial charge >= 0.3 is 6.18 Å². The van der Waals surface area contributed by atoms with Gasteiger partial charge in [0.1, 0.15) is 0 Å². The fourth-order valence-corrected chi connectivity index (χ4v) is 3.23. The molecule has 0 atom stereocenters. The van der Waals surface area contributed by atoms with Gasteiger partial charge in [-0.15, -0.1) is 0 Å². The number of amides is 2. The summed E-state index contributed by atoms with van der Waals surface area (Å²) in [5.74, 6) is -0.269. The first-order valence-electron chi connectivity index (χ1n) is 9.26. The van der Waals surface area contributed by atoms with Crippen molar-refractivity contribution in [3.8, 4) is 5.69 Å². The Morgan fingerprint density at radius 1 is 0.967 bits per heavy atom. The number of carbonyl (C=O) groups excluding carboxylic acids is 2. The van der Waals surface area contributed by atoms with Crippen LogP contribution in [0.2, 0.25) is 0 Å². The zero-order valence-corrected chi connectivity index (χ0v) is 15.7. The Kier molecular flexibility index (Phi) is 5.03. The van der Waals surface area contributed by atoms with E-state index in [2.05, 4.69) is 10.4 Å². The van der Waals surface area contributed by atoms with Crippen LogP contribution in [0.1, 0.15) is 28.9 Å². The number of anilines is 2. The fourth-order valence-electron chi connectivity index (χ4n) is 3.23. The minimum absolute atomic E-state index is 0.0893. The maximum Gasteiger partial charge on any atom is 0.435 e. The lowest BCUT2D eigenvalue weighted by atomic mass is 10.2. The zero-order valence-electron chi connectivity index (χ0n) is 15.7. The molecule has 1 fully saturated rings. The summed E-state index contributed by atoms with van der Waals surface area (Å²) < 4.78 is 39.1. The van der Waals surface area contributed by atoms with Crippen LogP contribution in [0.25, 0.3) is 5.69 Å². The Bertz CT molecular complexity index is 1070. The second kappa shape index (κ2) is 7.66. The monoisotopic (exact) mass is 414 g/mol. The van der Waals surface area contributed by atoms with E-state index in [-0.39, 0.29) is 11.8 Å². The molecular formula is C21H17F3N4O2. The average Bonchev–Trinajstić information content (AvgIpc) is 3.38. The van der Waals surface area contributed by atoms with Gasteiger partial charge in [-0.25, -0.2) is 4.68 Å². The number of benzene rings is 2. The quantitative estimate of drug-likeness (QED) is 0.693. The highest BCUT2D eigenvalue weighted by molar-refractivity contribution is 6.04. The van der Waals surface area contributed by atoms with E-state index in [1.807, 2.05) is 0 Å². The highest BCUT2D eigenvalue weighted by atomic mass is 19.4. The van der Waals surface area contributed by atoms with Crippen molar-refractivity contribution in [1.82, 2.24) is 9.78 Å². The minimum atomic E-state index is -4.51. The van der Waals surface area contributed by atoms with E-state index < -0.39 is 11.9 Å².